The zero-order valence-electron chi connectivity index (χ0n) is 8.46. The van der Waals surface area contributed by atoms with Gasteiger partial charge in [0.15, 0.2) is 6.10 Å². The van der Waals surface area contributed by atoms with Crippen LogP contribution in [0.3, 0.4) is 0 Å². The third-order valence-electron chi connectivity index (χ3n) is 1.53. The van der Waals surface area contributed by atoms with Crippen molar-refractivity contribution < 1.29 is 36.9 Å². The van der Waals surface area contributed by atoms with E-state index < -0.39 is 37.6 Å². The highest BCUT2D eigenvalue weighted by atomic mass is 19.3. The standard InChI is InChI=1S/C8H12F4O4/c1-2-16-5(6(13)14)3-15-4-8(11,12)7(9)10/h5,7H,2-4H2,1H3,(H,13,14). The van der Waals surface area contributed by atoms with Gasteiger partial charge in [-0.3, -0.25) is 0 Å². The average Bonchev–Trinajstić information content (AvgIpc) is 2.15. The number of aliphatic carboxylic acids is 1. The first-order valence-electron chi connectivity index (χ1n) is 4.39. The summed E-state index contributed by atoms with van der Waals surface area (Å²) < 4.78 is 56.8. The van der Waals surface area contributed by atoms with Gasteiger partial charge in [-0.05, 0) is 6.92 Å². The SMILES string of the molecule is CCOC(COCC(F)(F)C(F)F)C(=O)O. The first kappa shape index (κ1) is 15.1. The summed E-state index contributed by atoms with van der Waals surface area (Å²) in [5.74, 6) is -5.68. The van der Waals surface area contributed by atoms with Crippen molar-refractivity contribution in [1.29, 1.82) is 0 Å². The molecule has 0 bridgehead atoms. The van der Waals surface area contributed by atoms with E-state index in [-0.39, 0.29) is 6.61 Å². The monoisotopic (exact) mass is 248 g/mol. The fourth-order valence-electron chi connectivity index (χ4n) is 0.757. The number of hydrogen-bond donors (Lipinski definition) is 1. The normalized spacial score (nSPS) is 14.1. The van der Waals surface area contributed by atoms with Crippen LogP contribution < -0.4 is 0 Å². The van der Waals surface area contributed by atoms with Crippen LogP contribution in [-0.4, -0.2) is 49.3 Å². The lowest BCUT2D eigenvalue weighted by molar-refractivity contribution is -0.178. The summed E-state index contributed by atoms with van der Waals surface area (Å²) in [4.78, 5) is 10.4. The molecule has 0 amide bonds. The maximum Gasteiger partial charge on any atom is 0.335 e. The van der Waals surface area contributed by atoms with Gasteiger partial charge in [-0.2, -0.15) is 8.78 Å². The van der Waals surface area contributed by atoms with Gasteiger partial charge in [-0.1, -0.05) is 0 Å². The summed E-state index contributed by atoms with van der Waals surface area (Å²) in [6.45, 7) is -0.692. The van der Waals surface area contributed by atoms with Crippen molar-refractivity contribution in [2.75, 3.05) is 19.8 Å². The predicted molar refractivity (Wildman–Crippen MR) is 44.8 cm³/mol. The van der Waals surface area contributed by atoms with E-state index in [0.29, 0.717) is 0 Å². The molecular formula is C8H12F4O4. The molecule has 0 aliphatic carbocycles. The molecule has 0 saturated heterocycles. The Balaban J connectivity index is 3.99. The smallest absolute Gasteiger partial charge is 0.335 e. The van der Waals surface area contributed by atoms with Crippen LogP contribution in [0.1, 0.15) is 6.92 Å². The highest BCUT2D eigenvalue weighted by Crippen LogP contribution is 2.22. The van der Waals surface area contributed by atoms with Gasteiger partial charge in [-0.15, -0.1) is 0 Å². The quantitative estimate of drug-likeness (QED) is 0.659. The van der Waals surface area contributed by atoms with E-state index in [1.54, 1.807) is 0 Å². The fourth-order valence-corrected chi connectivity index (χ4v) is 0.757. The fraction of sp³-hybridized carbons (Fsp3) is 0.875. The molecule has 8 heteroatoms. The first-order chi connectivity index (χ1) is 7.31. The van der Waals surface area contributed by atoms with Gasteiger partial charge in [-0.25, -0.2) is 13.6 Å². The number of rotatable bonds is 8. The third kappa shape index (κ3) is 5.26. The lowest BCUT2D eigenvalue weighted by Gasteiger charge is -2.17. The van der Waals surface area contributed by atoms with E-state index in [1.807, 2.05) is 0 Å². The molecule has 0 aromatic rings. The Morgan fingerprint density at radius 2 is 2.00 bits per heavy atom. The van der Waals surface area contributed by atoms with Gasteiger partial charge < -0.3 is 14.6 Å². The second kappa shape index (κ2) is 6.64. The maximum absolute atomic E-state index is 12.3. The molecule has 0 saturated carbocycles. The predicted octanol–water partition coefficient (Wildman–Crippen LogP) is 1.39. The van der Waals surface area contributed by atoms with E-state index in [9.17, 15) is 22.4 Å². The first-order valence-corrected chi connectivity index (χ1v) is 4.39. The summed E-state index contributed by atoms with van der Waals surface area (Å²) in [6.07, 6.45) is -5.28. The zero-order valence-corrected chi connectivity index (χ0v) is 8.46. The summed E-state index contributed by atoms with van der Waals surface area (Å²) in [5.41, 5.74) is 0. The molecule has 1 atom stereocenters. The minimum Gasteiger partial charge on any atom is -0.479 e. The van der Waals surface area contributed by atoms with Gasteiger partial charge in [0.25, 0.3) is 0 Å². The summed E-state index contributed by atoms with van der Waals surface area (Å²) in [7, 11) is 0. The Morgan fingerprint density at radius 1 is 1.44 bits per heavy atom. The zero-order chi connectivity index (χ0) is 12.8. The Hall–Kier alpha value is -0.890. The van der Waals surface area contributed by atoms with Crippen LogP contribution in [0, 0.1) is 0 Å². The van der Waals surface area contributed by atoms with E-state index >= 15 is 0 Å². The molecule has 0 radical (unpaired) electrons. The Kier molecular flexibility index (Phi) is 6.27. The molecule has 16 heavy (non-hydrogen) atoms. The van der Waals surface area contributed by atoms with Crippen molar-refractivity contribution in [2.45, 2.75) is 25.4 Å². The summed E-state index contributed by atoms with van der Waals surface area (Å²) in [6, 6.07) is 0. The number of carboxylic acids is 1. The average molecular weight is 248 g/mol. The lowest BCUT2D eigenvalue weighted by Crippen LogP contribution is -2.36. The van der Waals surface area contributed by atoms with E-state index in [0.717, 1.165) is 0 Å². The van der Waals surface area contributed by atoms with E-state index in [1.165, 1.54) is 6.92 Å². The van der Waals surface area contributed by atoms with Crippen molar-refractivity contribution in [1.82, 2.24) is 0 Å². The molecular weight excluding hydrogens is 236 g/mol. The van der Waals surface area contributed by atoms with Crippen LogP contribution in [0.4, 0.5) is 17.6 Å². The van der Waals surface area contributed by atoms with Crippen LogP contribution in [0.2, 0.25) is 0 Å². The van der Waals surface area contributed by atoms with Gasteiger partial charge in [0.05, 0.1) is 6.61 Å². The van der Waals surface area contributed by atoms with Crippen LogP contribution in [-0.2, 0) is 14.3 Å². The Labute approximate surface area is 89.1 Å². The van der Waals surface area contributed by atoms with E-state index in [2.05, 4.69) is 9.47 Å². The van der Waals surface area contributed by atoms with Crippen molar-refractivity contribution >= 4 is 5.97 Å². The minimum absolute atomic E-state index is 0.0472. The number of carboxylic acid groups (broad SMARTS) is 1. The van der Waals surface area contributed by atoms with Crippen molar-refractivity contribution in [3.63, 3.8) is 0 Å². The van der Waals surface area contributed by atoms with Crippen molar-refractivity contribution in [3.8, 4) is 0 Å². The maximum atomic E-state index is 12.3. The highest BCUT2D eigenvalue weighted by molar-refractivity contribution is 5.72. The van der Waals surface area contributed by atoms with Gasteiger partial charge in [0, 0.05) is 6.61 Å². The molecule has 0 aliphatic rings. The molecule has 1 N–H and O–H groups in total. The van der Waals surface area contributed by atoms with Crippen LogP contribution >= 0.6 is 0 Å². The number of halogens is 4. The van der Waals surface area contributed by atoms with Crippen LogP contribution in [0.5, 0.6) is 0 Å². The molecule has 0 rings (SSSR count). The van der Waals surface area contributed by atoms with Crippen molar-refractivity contribution in [3.05, 3.63) is 0 Å². The second-order valence-corrected chi connectivity index (χ2v) is 2.86. The third-order valence-corrected chi connectivity index (χ3v) is 1.53. The molecule has 4 nitrogen and oxygen atoms in total. The van der Waals surface area contributed by atoms with Gasteiger partial charge in [0.1, 0.15) is 6.61 Å². The van der Waals surface area contributed by atoms with Gasteiger partial charge >= 0.3 is 18.3 Å². The largest absolute Gasteiger partial charge is 0.479 e. The number of alkyl halides is 4. The number of carbonyl (C=O) groups is 1. The van der Waals surface area contributed by atoms with Crippen molar-refractivity contribution in [2.24, 2.45) is 0 Å². The molecule has 0 aliphatic heterocycles. The summed E-state index contributed by atoms with van der Waals surface area (Å²) >= 11 is 0. The lowest BCUT2D eigenvalue weighted by atomic mass is 10.3. The molecule has 0 spiro atoms. The highest BCUT2D eigenvalue weighted by Gasteiger charge is 2.41. The molecule has 96 valence electrons. The van der Waals surface area contributed by atoms with Gasteiger partial charge in [0.2, 0.25) is 0 Å². The molecule has 0 fully saturated rings. The summed E-state index contributed by atoms with van der Waals surface area (Å²) in [5, 5.41) is 8.50. The molecule has 0 heterocycles. The minimum atomic E-state index is -4.28. The van der Waals surface area contributed by atoms with E-state index in [4.69, 9.17) is 5.11 Å². The Morgan fingerprint density at radius 3 is 2.38 bits per heavy atom. The second-order valence-electron chi connectivity index (χ2n) is 2.86. The molecule has 1 unspecified atom stereocenters. The number of ether oxygens (including phenoxy) is 2. The molecule has 0 aromatic heterocycles. The number of hydrogen-bond acceptors (Lipinski definition) is 3. The van der Waals surface area contributed by atoms with Crippen LogP contribution in [0.15, 0.2) is 0 Å². The molecule has 0 aromatic carbocycles. The topological polar surface area (TPSA) is 55.8 Å². The van der Waals surface area contributed by atoms with Crippen LogP contribution in [0.25, 0.3) is 0 Å². The Bertz CT molecular complexity index is 222.